The van der Waals surface area contributed by atoms with Gasteiger partial charge in [0, 0.05) is 0 Å². The molecule has 0 fully saturated rings. The van der Waals surface area contributed by atoms with Crippen LogP contribution in [0.3, 0.4) is 0 Å². The molecule has 0 saturated carbocycles. The van der Waals surface area contributed by atoms with Crippen LogP contribution in [-0.2, 0) is 0 Å². The molecule has 4 rings (SSSR count). The van der Waals surface area contributed by atoms with Crippen molar-refractivity contribution in [3.63, 3.8) is 0 Å². The first kappa shape index (κ1) is 43.0. The molecule has 0 unspecified atom stereocenters. The minimum absolute atomic E-state index is 1.36. The van der Waals surface area contributed by atoms with Gasteiger partial charge in [0.1, 0.15) is 52.7 Å². The highest BCUT2D eigenvalue weighted by Crippen LogP contribution is 2.30. The van der Waals surface area contributed by atoms with Crippen molar-refractivity contribution >= 4 is 28.0 Å². The number of unbranched alkanes of at least 4 members (excludes halogenated alkanes) is 5. The zero-order valence-corrected chi connectivity index (χ0v) is 26.4. The van der Waals surface area contributed by atoms with Crippen LogP contribution < -0.4 is 21.9 Å². The first-order valence-electron chi connectivity index (χ1n) is 14.8. The summed E-state index contributed by atoms with van der Waals surface area (Å²) in [4.78, 5) is 0. The van der Waals surface area contributed by atoms with Gasteiger partial charge in [0.15, 0.2) is 69.8 Å². The molecule has 0 aliphatic rings. The maximum Gasteiger partial charge on any atom is 0.200 e. The predicted molar refractivity (Wildman–Crippen MR) is 148 cm³/mol. The van der Waals surface area contributed by atoms with E-state index in [0.717, 1.165) is 0 Å². The monoisotopic (exact) mass is 793 g/mol. The molecule has 21 heteroatoms. The van der Waals surface area contributed by atoms with Crippen LogP contribution in [-0.4, -0.2) is 6.15 Å². The van der Waals surface area contributed by atoms with Crippen LogP contribution in [0.5, 0.6) is 0 Å². The van der Waals surface area contributed by atoms with Gasteiger partial charge in [-0.05, 0) is 0 Å². The maximum atomic E-state index is 15.4. The van der Waals surface area contributed by atoms with E-state index in [1.165, 1.54) is 38.5 Å². The van der Waals surface area contributed by atoms with Crippen molar-refractivity contribution in [3.8, 4) is 0 Å². The Morgan fingerprint density at radius 1 is 0.226 bits per heavy atom. The summed E-state index contributed by atoms with van der Waals surface area (Å²) in [6.45, 7) is 4.51. The zero-order valence-electron chi connectivity index (χ0n) is 26.4. The fourth-order valence-electron chi connectivity index (χ4n) is 5.73. The quantitative estimate of drug-likeness (QED) is 0.0522. The van der Waals surface area contributed by atoms with E-state index in [2.05, 4.69) is 13.8 Å². The summed E-state index contributed by atoms with van der Waals surface area (Å²) in [6, 6.07) is 0. The molecule has 0 nitrogen and oxygen atoms in total. The summed E-state index contributed by atoms with van der Waals surface area (Å²) in [7, 11) is 0. The Morgan fingerprint density at radius 2 is 0.358 bits per heavy atom. The number of rotatable bonds is 9. The van der Waals surface area contributed by atoms with Crippen LogP contribution in [0.2, 0.25) is 0 Å². The molecule has 0 atom stereocenters. The molecule has 0 saturated heterocycles. The van der Waals surface area contributed by atoms with Gasteiger partial charge >= 0.3 is 0 Å². The fourth-order valence-corrected chi connectivity index (χ4v) is 5.73. The summed E-state index contributed by atoms with van der Waals surface area (Å²) in [5, 5.41) is 0. The Labute approximate surface area is 284 Å². The molecule has 4 aromatic carbocycles. The molecule has 0 aliphatic heterocycles. The van der Waals surface area contributed by atoms with Gasteiger partial charge in [0.2, 0.25) is 0 Å². The molecule has 0 bridgehead atoms. The first-order valence-corrected chi connectivity index (χ1v) is 14.8. The van der Waals surface area contributed by atoms with E-state index < -0.39 is 144 Å². The van der Waals surface area contributed by atoms with Crippen molar-refractivity contribution in [2.75, 3.05) is 0 Å². The second-order valence-electron chi connectivity index (χ2n) is 11.2. The van der Waals surface area contributed by atoms with Crippen LogP contribution in [0.25, 0.3) is 0 Å². The topological polar surface area (TPSA) is 0 Å². The average Bonchev–Trinajstić information content (AvgIpc) is 3.13. The van der Waals surface area contributed by atoms with Crippen LogP contribution >= 0.6 is 0 Å². The Balaban J connectivity index is 0.000000846. The minimum atomic E-state index is -7.22. The Bertz CT molecular complexity index is 1670. The van der Waals surface area contributed by atoms with Crippen molar-refractivity contribution in [2.45, 2.75) is 52.4 Å². The number of hydrogen-bond acceptors (Lipinski definition) is 0. The molecule has 4 aromatic rings. The molecule has 53 heavy (non-hydrogen) atoms. The van der Waals surface area contributed by atoms with E-state index in [1.807, 2.05) is 0 Å². The molecule has 0 amide bonds. The predicted octanol–water partition coefficient (Wildman–Crippen LogP) is 9.21. The molecule has 0 aromatic heterocycles. The van der Waals surface area contributed by atoms with E-state index in [4.69, 9.17) is 0 Å². The van der Waals surface area contributed by atoms with Crippen molar-refractivity contribution in [2.24, 2.45) is 0 Å². The van der Waals surface area contributed by atoms with E-state index in [0.29, 0.717) is 0 Å². The van der Waals surface area contributed by atoms with Gasteiger partial charge in [-0.25, -0.2) is 87.8 Å². The lowest BCUT2D eigenvalue weighted by Gasteiger charge is -2.44. The summed E-state index contributed by atoms with van der Waals surface area (Å²) >= 11 is 0. The van der Waals surface area contributed by atoms with Crippen LogP contribution in [0.1, 0.15) is 52.4 Å². The summed E-state index contributed by atoms with van der Waals surface area (Å²) in [6.07, 6.45) is 1.27. The standard InChI is InChI=1S/C24BF20.C8H18/c26-5-1(6(27)14(35)21(42)13(5)34)25(2-7(28)15(36)22(43)16(37)8(2)29,3-9(30)17(38)23(44)18(39)10(3)31)4-11(32)19(40)24(45)20(41)12(4)33;1-3-5-7-8-6-4-2/h;3-8H2,1-2H3/q-1;. The van der Waals surface area contributed by atoms with Gasteiger partial charge in [-0.15, -0.1) is 21.9 Å². The van der Waals surface area contributed by atoms with Gasteiger partial charge in [-0.2, -0.15) is 0 Å². The second kappa shape index (κ2) is 16.3. The van der Waals surface area contributed by atoms with E-state index in [1.54, 1.807) is 0 Å². The molecule has 0 aliphatic carbocycles. The maximum absolute atomic E-state index is 15.4. The number of halogens is 20. The number of benzene rings is 4. The summed E-state index contributed by atoms with van der Waals surface area (Å²) in [5.41, 5.74) is -14.3. The SMILES string of the molecule is CCCCCCCC.Fc1c(F)c(F)c([B-](c2c(F)c(F)c(F)c(F)c2F)(c2c(F)c(F)c(F)c(F)c2F)c2c(F)c(F)c(F)c(F)c2F)c(F)c1F. The highest BCUT2D eigenvalue weighted by atomic mass is 19.2. The Morgan fingerprint density at radius 3 is 0.491 bits per heavy atom. The third-order valence-electron chi connectivity index (χ3n) is 8.16. The van der Waals surface area contributed by atoms with Gasteiger partial charge in [-0.1, -0.05) is 52.4 Å². The number of hydrogen-bond donors (Lipinski definition) is 0. The average molecular weight is 793 g/mol. The highest BCUT2D eigenvalue weighted by Gasteiger charge is 2.52. The molecule has 290 valence electrons. The van der Waals surface area contributed by atoms with E-state index in [-0.39, 0.29) is 0 Å². The second-order valence-corrected chi connectivity index (χ2v) is 11.2. The van der Waals surface area contributed by atoms with E-state index >= 15 is 35.1 Å². The first-order chi connectivity index (χ1) is 24.6. The summed E-state index contributed by atoms with van der Waals surface area (Å²) in [5.74, 6) is -71.4. The van der Waals surface area contributed by atoms with Gasteiger partial charge < -0.3 is 0 Å². The third-order valence-corrected chi connectivity index (χ3v) is 8.16. The van der Waals surface area contributed by atoms with Crippen molar-refractivity contribution in [1.29, 1.82) is 0 Å². The highest BCUT2D eigenvalue weighted by molar-refractivity contribution is 7.20. The Hall–Kier alpha value is -4.46. The van der Waals surface area contributed by atoms with Crippen LogP contribution in [0.15, 0.2) is 0 Å². The smallest absolute Gasteiger partial charge is 0.200 e. The summed E-state index contributed by atoms with van der Waals surface area (Å²) < 4.78 is 294. The third kappa shape index (κ3) is 6.79. The van der Waals surface area contributed by atoms with Gasteiger partial charge in [0.25, 0.3) is 0 Å². The largest absolute Gasteiger partial charge is 0.207 e. The normalized spacial score (nSPS) is 11.7. The van der Waals surface area contributed by atoms with Crippen molar-refractivity contribution in [1.82, 2.24) is 0 Å². The van der Waals surface area contributed by atoms with Crippen LogP contribution in [0, 0.1) is 116 Å². The molecule has 0 radical (unpaired) electrons. The Kier molecular flexibility index (Phi) is 13.2. The molecule has 0 N–H and O–H groups in total. The molecular weight excluding hydrogens is 775 g/mol. The minimum Gasteiger partial charge on any atom is -0.207 e. The lowest BCUT2D eigenvalue weighted by molar-refractivity contribution is 0.378. The van der Waals surface area contributed by atoms with Crippen LogP contribution in [0.4, 0.5) is 87.8 Å². The fraction of sp³-hybridized carbons (Fsp3) is 0.250. The van der Waals surface area contributed by atoms with Crippen molar-refractivity contribution in [3.05, 3.63) is 116 Å². The molecule has 0 heterocycles. The molecule has 0 spiro atoms. The lowest BCUT2D eigenvalue weighted by atomic mass is 9.12. The van der Waals surface area contributed by atoms with Gasteiger partial charge in [0.05, 0.1) is 0 Å². The van der Waals surface area contributed by atoms with Crippen molar-refractivity contribution < 1.29 is 87.8 Å². The molecular formula is C32H18BF20-. The van der Waals surface area contributed by atoms with Gasteiger partial charge in [-0.3, -0.25) is 0 Å². The van der Waals surface area contributed by atoms with E-state index in [9.17, 15) is 52.7 Å². The lowest BCUT2D eigenvalue weighted by Crippen LogP contribution is -2.81. The zero-order chi connectivity index (χ0) is 40.6.